The SMILES string of the molecule is CC(C)CC(=O)P(=O)(OC(C)(C)C)OC(C)(C)C. The molecule has 18 heavy (non-hydrogen) atoms. The second-order valence-electron chi connectivity index (χ2n) is 6.90. The molecule has 0 atom stereocenters. The Bertz CT molecular complexity index is 314. The molecule has 0 radical (unpaired) electrons. The zero-order chi connectivity index (χ0) is 14.8. The summed E-state index contributed by atoms with van der Waals surface area (Å²) >= 11 is 0. The first kappa shape index (κ1) is 17.8. The van der Waals surface area contributed by atoms with Crippen LogP contribution in [-0.4, -0.2) is 16.7 Å². The summed E-state index contributed by atoms with van der Waals surface area (Å²) < 4.78 is 23.6. The van der Waals surface area contributed by atoms with Crippen molar-refractivity contribution in [3.8, 4) is 0 Å². The molecule has 0 heterocycles. The Hall–Kier alpha value is -0.180. The van der Waals surface area contributed by atoms with E-state index in [4.69, 9.17) is 9.05 Å². The highest BCUT2D eigenvalue weighted by atomic mass is 31.2. The molecule has 0 aromatic heterocycles. The number of hydrogen-bond acceptors (Lipinski definition) is 4. The van der Waals surface area contributed by atoms with Gasteiger partial charge in [0.05, 0.1) is 11.2 Å². The minimum atomic E-state index is -3.75. The molecule has 4 nitrogen and oxygen atoms in total. The molecule has 0 N–H and O–H groups in total. The minimum absolute atomic E-state index is 0.123. The minimum Gasteiger partial charge on any atom is -0.297 e. The van der Waals surface area contributed by atoms with Crippen molar-refractivity contribution in [1.82, 2.24) is 0 Å². The highest BCUT2D eigenvalue weighted by Crippen LogP contribution is 2.56. The van der Waals surface area contributed by atoms with Crippen molar-refractivity contribution in [3.63, 3.8) is 0 Å². The number of carbonyl (C=O) groups is 1. The highest BCUT2D eigenvalue weighted by molar-refractivity contribution is 7.71. The van der Waals surface area contributed by atoms with E-state index in [0.717, 1.165) is 0 Å². The lowest BCUT2D eigenvalue weighted by Crippen LogP contribution is -2.27. The zero-order valence-corrected chi connectivity index (χ0v) is 13.8. The molecule has 108 valence electrons. The van der Waals surface area contributed by atoms with Crippen molar-refractivity contribution >= 4 is 13.1 Å². The topological polar surface area (TPSA) is 52.6 Å². The van der Waals surface area contributed by atoms with Gasteiger partial charge >= 0.3 is 7.60 Å². The number of rotatable bonds is 5. The standard InChI is InChI=1S/C13H27O4P/c1-10(2)9-11(14)18(15,16-12(3,4)5)17-13(6,7)8/h10H,9H2,1-8H3. The molecule has 0 saturated carbocycles. The van der Waals surface area contributed by atoms with Gasteiger partial charge in [-0.3, -0.25) is 18.4 Å². The van der Waals surface area contributed by atoms with Gasteiger partial charge in [-0.2, -0.15) is 0 Å². The lowest BCUT2D eigenvalue weighted by Gasteiger charge is -2.31. The molecule has 0 aliphatic carbocycles. The third kappa shape index (κ3) is 7.30. The van der Waals surface area contributed by atoms with Gasteiger partial charge in [-0.1, -0.05) is 13.8 Å². The molecular formula is C13H27O4P. The van der Waals surface area contributed by atoms with Crippen LogP contribution in [0.1, 0.15) is 61.8 Å². The van der Waals surface area contributed by atoms with Crippen molar-refractivity contribution < 1.29 is 18.4 Å². The Morgan fingerprint density at radius 3 is 1.56 bits per heavy atom. The fourth-order valence-electron chi connectivity index (χ4n) is 1.30. The van der Waals surface area contributed by atoms with Gasteiger partial charge in [0.25, 0.3) is 0 Å². The molecule has 0 aromatic carbocycles. The van der Waals surface area contributed by atoms with Crippen LogP contribution < -0.4 is 0 Å². The van der Waals surface area contributed by atoms with E-state index in [1.165, 1.54) is 0 Å². The summed E-state index contributed by atoms with van der Waals surface area (Å²) in [6.45, 7) is 14.3. The van der Waals surface area contributed by atoms with Crippen LogP contribution in [0.4, 0.5) is 0 Å². The molecule has 0 aliphatic rings. The Labute approximate surface area is 111 Å². The third-order valence-electron chi connectivity index (χ3n) is 1.68. The van der Waals surface area contributed by atoms with Crippen LogP contribution in [0.2, 0.25) is 0 Å². The van der Waals surface area contributed by atoms with E-state index in [-0.39, 0.29) is 12.3 Å². The van der Waals surface area contributed by atoms with Crippen LogP contribution in [0.3, 0.4) is 0 Å². The van der Waals surface area contributed by atoms with Crippen molar-refractivity contribution in [1.29, 1.82) is 0 Å². The Kier molecular flexibility index (Phi) is 5.79. The van der Waals surface area contributed by atoms with Crippen LogP contribution in [0.15, 0.2) is 0 Å². The maximum absolute atomic E-state index is 12.7. The third-order valence-corrected chi connectivity index (χ3v) is 4.05. The van der Waals surface area contributed by atoms with Gasteiger partial charge in [-0.15, -0.1) is 0 Å². The molecule has 0 spiro atoms. The smallest absolute Gasteiger partial charge is 0.297 e. The molecule has 0 aliphatic heterocycles. The second kappa shape index (κ2) is 5.85. The molecule has 0 rings (SSSR count). The van der Waals surface area contributed by atoms with E-state index in [0.29, 0.717) is 0 Å². The predicted octanol–water partition coefficient (Wildman–Crippen LogP) is 4.38. The van der Waals surface area contributed by atoms with Gasteiger partial charge in [0, 0.05) is 6.42 Å². The number of carbonyl (C=O) groups excluding carboxylic acids is 1. The average Bonchev–Trinajstić information content (AvgIpc) is 1.93. The molecule has 0 aromatic rings. The van der Waals surface area contributed by atoms with Crippen LogP contribution in [-0.2, 0) is 18.4 Å². The van der Waals surface area contributed by atoms with E-state index >= 15 is 0 Å². The van der Waals surface area contributed by atoms with Gasteiger partial charge in [0.1, 0.15) is 0 Å². The lowest BCUT2D eigenvalue weighted by atomic mass is 10.2. The molecule has 0 fully saturated rings. The normalized spacial score (nSPS) is 14.1. The van der Waals surface area contributed by atoms with Crippen LogP contribution in [0.25, 0.3) is 0 Å². The van der Waals surface area contributed by atoms with Gasteiger partial charge in [0.2, 0.25) is 5.52 Å². The van der Waals surface area contributed by atoms with Crippen molar-refractivity contribution in [2.45, 2.75) is 73.0 Å². The first-order chi connectivity index (χ1) is 7.75. The van der Waals surface area contributed by atoms with E-state index in [2.05, 4.69) is 0 Å². The summed E-state index contributed by atoms with van der Waals surface area (Å²) in [6, 6.07) is 0. The van der Waals surface area contributed by atoms with Gasteiger partial charge in [-0.05, 0) is 47.5 Å². The Balaban J connectivity index is 5.16. The zero-order valence-electron chi connectivity index (χ0n) is 12.9. The van der Waals surface area contributed by atoms with Crippen molar-refractivity contribution in [3.05, 3.63) is 0 Å². The Morgan fingerprint density at radius 1 is 1.00 bits per heavy atom. The maximum atomic E-state index is 12.7. The lowest BCUT2D eigenvalue weighted by molar-refractivity contribution is -0.116. The van der Waals surface area contributed by atoms with Gasteiger partial charge in [0.15, 0.2) is 0 Å². The maximum Gasteiger partial charge on any atom is 0.397 e. The largest absolute Gasteiger partial charge is 0.397 e. The van der Waals surface area contributed by atoms with E-state index in [9.17, 15) is 9.36 Å². The molecule has 0 bridgehead atoms. The molecule has 0 amide bonds. The van der Waals surface area contributed by atoms with Crippen molar-refractivity contribution in [2.75, 3.05) is 0 Å². The van der Waals surface area contributed by atoms with E-state index in [1.807, 2.05) is 13.8 Å². The Morgan fingerprint density at radius 2 is 1.33 bits per heavy atom. The van der Waals surface area contributed by atoms with E-state index < -0.39 is 24.3 Å². The van der Waals surface area contributed by atoms with Crippen LogP contribution in [0.5, 0.6) is 0 Å². The summed E-state index contributed by atoms with van der Waals surface area (Å²) in [4.78, 5) is 12.1. The molecule has 0 saturated heterocycles. The fraction of sp³-hybridized carbons (Fsp3) is 0.923. The second-order valence-corrected chi connectivity index (χ2v) is 8.76. The van der Waals surface area contributed by atoms with Crippen molar-refractivity contribution in [2.24, 2.45) is 5.92 Å². The quantitative estimate of drug-likeness (QED) is 0.700. The van der Waals surface area contributed by atoms with Gasteiger partial charge < -0.3 is 0 Å². The van der Waals surface area contributed by atoms with E-state index in [1.54, 1.807) is 41.5 Å². The predicted molar refractivity (Wildman–Crippen MR) is 73.7 cm³/mol. The summed E-state index contributed by atoms with van der Waals surface area (Å²) in [6.07, 6.45) is 0.198. The van der Waals surface area contributed by atoms with Crippen LogP contribution >= 0.6 is 7.60 Å². The summed E-state index contributed by atoms with van der Waals surface area (Å²) in [5, 5.41) is 0. The summed E-state index contributed by atoms with van der Waals surface area (Å²) in [5.41, 5.74) is -1.82. The first-order valence-electron chi connectivity index (χ1n) is 6.30. The van der Waals surface area contributed by atoms with Gasteiger partial charge in [-0.25, -0.2) is 0 Å². The summed E-state index contributed by atoms with van der Waals surface area (Å²) in [5.74, 6) is 0.123. The molecule has 0 unspecified atom stereocenters. The monoisotopic (exact) mass is 278 g/mol. The molecular weight excluding hydrogens is 251 g/mol. The summed E-state index contributed by atoms with van der Waals surface area (Å²) in [7, 11) is -3.75. The molecule has 5 heteroatoms. The highest BCUT2D eigenvalue weighted by Gasteiger charge is 2.41. The van der Waals surface area contributed by atoms with Crippen LogP contribution in [0, 0.1) is 5.92 Å². The number of hydrogen-bond donors (Lipinski definition) is 0. The fourth-order valence-corrected chi connectivity index (χ4v) is 3.57. The average molecular weight is 278 g/mol. The first-order valence-corrected chi connectivity index (χ1v) is 7.84.